The first kappa shape index (κ1) is 17.7. The predicted molar refractivity (Wildman–Crippen MR) is 68.3 cm³/mol. The molecule has 0 aliphatic carbocycles. The molecule has 0 spiro atoms. The molecule has 0 unspecified atom stereocenters. The molecule has 1 rings (SSSR count). The van der Waals surface area contributed by atoms with Crippen molar-refractivity contribution in [2.45, 2.75) is 51.5 Å². The minimum Gasteiger partial charge on any atom is -0.456 e. The molecule has 0 bridgehead atoms. The van der Waals surface area contributed by atoms with Crippen molar-refractivity contribution >= 4 is 29.5 Å². The van der Waals surface area contributed by atoms with Crippen LogP contribution in [0.3, 0.4) is 0 Å². The number of carbonyl (C=O) groups excluding carboxylic acids is 3. The van der Waals surface area contributed by atoms with Crippen LogP contribution in [0.2, 0.25) is 0 Å². The summed E-state index contributed by atoms with van der Waals surface area (Å²) in [6.07, 6.45) is -6.12. The average Bonchev–Trinajstić information content (AvgIpc) is 2.35. The number of aliphatic hydroxyl groups excluding tert-OH is 1. The van der Waals surface area contributed by atoms with Crippen LogP contribution in [-0.2, 0) is 33.3 Å². The van der Waals surface area contributed by atoms with Gasteiger partial charge in [0.05, 0.1) is 5.88 Å². The second kappa shape index (κ2) is 7.58. The summed E-state index contributed by atoms with van der Waals surface area (Å²) < 4.78 is 20.1. The molecular formula is C12H17ClO8. The van der Waals surface area contributed by atoms with Gasteiger partial charge in [-0.2, -0.15) is 0 Å². The molecule has 0 amide bonds. The van der Waals surface area contributed by atoms with Crippen molar-refractivity contribution in [3.63, 3.8) is 0 Å². The molecule has 1 saturated heterocycles. The third kappa shape index (κ3) is 4.83. The fourth-order valence-corrected chi connectivity index (χ4v) is 2.24. The third-order valence-corrected chi connectivity index (χ3v) is 2.97. The summed E-state index contributed by atoms with van der Waals surface area (Å²) in [6, 6.07) is 0. The molecule has 1 aliphatic rings. The second-order valence-corrected chi connectivity index (χ2v) is 4.75. The smallest absolute Gasteiger partial charge is 0.303 e. The van der Waals surface area contributed by atoms with E-state index in [9.17, 15) is 19.5 Å². The number of carbonyl (C=O) groups is 3. The predicted octanol–water partition coefficient (Wildman–Crippen LogP) is -0.263. The minimum absolute atomic E-state index is 0.125. The molecule has 1 N–H and O–H groups in total. The Morgan fingerprint density at radius 1 is 0.952 bits per heavy atom. The molecule has 5 atom stereocenters. The highest BCUT2D eigenvalue weighted by Crippen LogP contribution is 2.28. The van der Waals surface area contributed by atoms with Gasteiger partial charge in [0, 0.05) is 20.8 Å². The zero-order valence-corrected chi connectivity index (χ0v) is 12.5. The number of rotatable bonds is 4. The summed E-state index contributed by atoms with van der Waals surface area (Å²) in [5.74, 6) is -2.20. The molecule has 0 aromatic rings. The topological polar surface area (TPSA) is 108 Å². The first-order valence-electron chi connectivity index (χ1n) is 6.17. The van der Waals surface area contributed by atoms with Crippen molar-refractivity contribution < 1.29 is 38.4 Å². The van der Waals surface area contributed by atoms with Crippen molar-refractivity contribution in [1.29, 1.82) is 0 Å². The zero-order valence-electron chi connectivity index (χ0n) is 11.8. The number of alkyl halides is 1. The van der Waals surface area contributed by atoms with Crippen LogP contribution >= 0.6 is 11.6 Å². The Labute approximate surface area is 126 Å². The first-order chi connectivity index (χ1) is 9.76. The van der Waals surface area contributed by atoms with Gasteiger partial charge in [0.15, 0.2) is 24.6 Å². The third-order valence-electron chi connectivity index (χ3n) is 2.67. The molecule has 8 nitrogen and oxygen atoms in total. The lowest BCUT2D eigenvalue weighted by atomic mass is 9.99. The van der Waals surface area contributed by atoms with E-state index in [1.54, 1.807) is 0 Å². The van der Waals surface area contributed by atoms with Gasteiger partial charge >= 0.3 is 17.9 Å². The van der Waals surface area contributed by atoms with E-state index in [2.05, 4.69) is 0 Å². The Balaban J connectivity index is 3.08. The van der Waals surface area contributed by atoms with Gasteiger partial charge in [-0.1, -0.05) is 0 Å². The molecule has 120 valence electrons. The molecule has 0 radical (unpaired) electrons. The maximum absolute atomic E-state index is 11.2. The van der Waals surface area contributed by atoms with E-state index in [0.717, 1.165) is 20.8 Å². The summed E-state index contributed by atoms with van der Waals surface area (Å²) in [7, 11) is 0. The average molecular weight is 325 g/mol. The lowest BCUT2D eigenvalue weighted by Gasteiger charge is -2.42. The highest BCUT2D eigenvalue weighted by Gasteiger charge is 2.51. The molecular weight excluding hydrogens is 308 g/mol. The van der Waals surface area contributed by atoms with E-state index in [1.165, 1.54) is 0 Å². The van der Waals surface area contributed by atoms with E-state index in [1.807, 2.05) is 0 Å². The number of hydrogen-bond acceptors (Lipinski definition) is 8. The first-order valence-corrected chi connectivity index (χ1v) is 6.70. The van der Waals surface area contributed by atoms with Crippen LogP contribution in [0.4, 0.5) is 0 Å². The fourth-order valence-electron chi connectivity index (χ4n) is 2.00. The van der Waals surface area contributed by atoms with Crippen LogP contribution < -0.4 is 0 Å². The monoisotopic (exact) mass is 324 g/mol. The lowest BCUT2D eigenvalue weighted by molar-refractivity contribution is -0.287. The number of esters is 3. The van der Waals surface area contributed by atoms with Gasteiger partial charge in [0.2, 0.25) is 0 Å². The van der Waals surface area contributed by atoms with E-state index < -0.39 is 48.6 Å². The molecule has 0 aromatic heterocycles. The van der Waals surface area contributed by atoms with Crippen LogP contribution in [0.1, 0.15) is 20.8 Å². The quantitative estimate of drug-likeness (QED) is 0.428. The van der Waals surface area contributed by atoms with Crippen LogP contribution in [0.5, 0.6) is 0 Å². The van der Waals surface area contributed by atoms with Crippen LogP contribution in [0.25, 0.3) is 0 Å². The standard InChI is InChI=1S/C12H17ClO8/c1-5(14)18-9-8(4-13)21-12(17)11(20-7(3)16)10(9)19-6(2)15/h8-12,17H,4H2,1-3H3/t8-,9-,10+,11+,12+/m1/s1. The van der Waals surface area contributed by atoms with E-state index >= 15 is 0 Å². The maximum atomic E-state index is 11.2. The second-order valence-electron chi connectivity index (χ2n) is 4.44. The number of ether oxygens (including phenoxy) is 4. The summed E-state index contributed by atoms with van der Waals surface area (Å²) in [6.45, 7) is 3.40. The summed E-state index contributed by atoms with van der Waals surface area (Å²) >= 11 is 5.70. The van der Waals surface area contributed by atoms with Crippen LogP contribution in [-0.4, -0.2) is 59.6 Å². The summed E-state index contributed by atoms with van der Waals surface area (Å²) in [5, 5.41) is 9.86. The van der Waals surface area contributed by atoms with Crippen LogP contribution in [0.15, 0.2) is 0 Å². The van der Waals surface area contributed by atoms with Gasteiger partial charge in [0.1, 0.15) is 6.10 Å². The van der Waals surface area contributed by atoms with Crippen molar-refractivity contribution in [3.8, 4) is 0 Å². The zero-order chi connectivity index (χ0) is 16.2. The van der Waals surface area contributed by atoms with E-state index in [4.69, 9.17) is 30.5 Å². The highest BCUT2D eigenvalue weighted by atomic mass is 35.5. The van der Waals surface area contributed by atoms with Crippen molar-refractivity contribution in [1.82, 2.24) is 0 Å². The number of aliphatic hydroxyl groups is 1. The minimum atomic E-state index is -1.56. The van der Waals surface area contributed by atoms with Crippen LogP contribution in [0, 0.1) is 0 Å². The van der Waals surface area contributed by atoms with E-state index in [0.29, 0.717) is 0 Å². The fraction of sp³-hybridized carbons (Fsp3) is 0.750. The normalized spacial score (nSPS) is 32.1. The largest absolute Gasteiger partial charge is 0.456 e. The van der Waals surface area contributed by atoms with Crippen molar-refractivity contribution in [2.75, 3.05) is 5.88 Å². The molecule has 0 saturated carbocycles. The van der Waals surface area contributed by atoms with Gasteiger partial charge < -0.3 is 24.1 Å². The van der Waals surface area contributed by atoms with Gasteiger partial charge in [-0.15, -0.1) is 11.6 Å². The molecule has 21 heavy (non-hydrogen) atoms. The lowest BCUT2D eigenvalue weighted by Crippen LogP contribution is -2.61. The Hall–Kier alpha value is -1.38. The Morgan fingerprint density at radius 2 is 1.38 bits per heavy atom. The number of halogens is 1. The molecule has 1 heterocycles. The highest BCUT2D eigenvalue weighted by molar-refractivity contribution is 6.18. The van der Waals surface area contributed by atoms with Gasteiger partial charge in [-0.3, -0.25) is 14.4 Å². The van der Waals surface area contributed by atoms with Gasteiger partial charge in [-0.25, -0.2) is 0 Å². The molecule has 9 heteroatoms. The van der Waals surface area contributed by atoms with Crippen molar-refractivity contribution in [3.05, 3.63) is 0 Å². The Kier molecular flexibility index (Phi) is 6.38. The van der Waals surface area contributed by atoms with E-state index in [-0.39, 0.29) is 5.88 Å². The molecule has 1 fully saturated rings. The Bertz CT molecular complexity index is 412. The van der Waals surface area contributed by atoms with Crippen molar-refractivity contribution in [2.24, 2.45) is 0 Å². The number of hydrogen-bond donors (Lipinski definition) is 1. The summed E-state index contributed by atoms with van der Waals surface area (Å²) in [5.41, 5.74) is 0. The SMILES string of the molecule is CC(=O)O[C@@H]1[C@H](OC(C)=O)[C@@H](O)O[C@H](CCl)[C@H]1OC(C)=O. The Morgan fingerprint density at radius 3 is 1.81 bits per heavy atom. The molecule has 1 aliphatic heterocycles. The molecule has 0 aromatic carbocycles. The maximum Gasteiger partial charge on any atom is 0.303 e. The summed E-state index contributed by atoms with van der Waals surface area (Å²) in [4.78, 5) is 33.5. The van der Waals surface area contributed by atoms with Gasteiger partial charge in [-0.05, 0) is 0 Å². The van der Waals surface area contributed by atoms with Gasteiger partial charge in [0.25, 0.3) is 0 Å².